The fraction of sp³-hybridized carbons (Fsp3) is 0. The smallest absolute Gasteiger partial charge is 0.271 e. The average molecular weight is 298 g/mol. The highest BCUT2D eigenvalue weighted by atomic mass is 35.5. The first-order chi connectivity index (χ1) is 8.97. The molecule has 0 unspecified atom stereocenters. The normalized spacial score (nSPS) is 10.2. The Kier molecular flexibility index (Phi) is 3.78. The van der Waals surface area contributed by atoms with Crippen molar-refractivity contribution in [3.63, 3.8) is 0 Å². The molecule has 2 aromatic rings. The van der Waals surface area contributed by atoms with Gasteiger partial charge in [0, 0.05) is 17.8 Å². The topological polar surface area (TPSA) is 81.2 Å². The van der Waals surface area contributed by atoms with Gasteiger partial charge in [-0.1, -0.05) is 23.2 Å². The second-order valence-corrected chi connectivity index (χ2v) is 4.60. The summed E-state index contributed by atoms with van der Waals surface area (Å²) in [5, 5.41) is 14.3. The van der Waals surface area contributed by atoms with E-state index >= 15 is 0 Å². The van der Waals surface area contributed by atoms with Gasteiger partial charge in [-0.15, -0.1) is 0 Å². The van der Waals surface area contributed by atoms with Crippen LogP contribution < -0.4 is 11.1 Å². The van der Waals surface area contributed by atoms with Gasteiger partial charge >= 0.3 is 0 Å². The van der Waals surface area contributed by atoms with Gasteiger partial charge in [-0.05, 0) is 24.3 Å². The standard InChI is InChI=1S/C12H9Cl2N3O2/c13-9-3-1-7(15)5-12(9)16-11-4-2-8(17(18)19)6-10(11)14/h1-6,16H,15H2. The summed E-state index contributed by atoms with van der Waals surface area (Å²) in [4.78, 5) is 10.1. The first-order valence-corrected chi connectivity index (χ1v) is 5.99. The van der Waals surface area contributed by atoms with Crippen molar-refractivity contribution in [2.24, 2.45) is 0 Å². The van der Waals surface area contributed by atoms with Gasteiger partial charge in [0.05, 0.1) is 26.3 Å². The van der Waals surface area contributed by atoms with E-state index in [1.54, 1.807) is 18.2 Å². The number of nitro benzene ring substituents is 1. The van der Waals surface area contributed by atoms with Crippen LogP contribution in [0.25, 0.3) is 0 Å². The van der Waals surface area contributed by atoms with E-state index in [1.165, 1.54) is 18.2 Å². The molecule has 0 aromatic heterocycles. The van der Waals surface area contributed by atoms with Crippen molar-refractivity contribution in [3.8, 4) is 0 Å². The zero-order valence-electron chi connectivity index (χ0n) is 9.56. The van der Waals surface area contributed by atoms with Crippen LogP contribution in [0.2, 0.25) is 10.0 Å². The predicted molar refractivity (Wildman–Crippen MR) is 77.3 cm³/mol. The Labute approximate surface area is 119 Å². The van der Waals surface area contributed by atoms with Gasteiger partial charge in [-0.2, -0.15) is 0 Å². The van der Waals surface area contributed by atoms with Gasteiger partial charge in [0.1, 0.15) is 0 Å². The molecule has 0 aliphatic heterocycles. The van der Waals surface area contributed by atoms with Crippen molar-refractivity contribution in [1.29, 1.82) is 0 Å². The molecule has 0 saturated heterocycles. The summed E-state index contributed by atoms with van der Waals surface area (Å²) in [5.74, 6) is 0. The Bertz CT molecular complexity index is 647. The minimum absolute atomic E-state index is 0.0748. The minimum atomic E-state index is -0.511. The molecule has 0 amide bonds. The van der Waals surface area contributed by atoms with Crippen LogP contribution in [-0.2, 0) is 0 Å². The molecule has 2 aromatic carbocycles. The second kappa shape index (κ2) is 5.34. The highest BCUT2D eigenvalue weighted by Crippen LogP contribution is 2.32. The second-order valence-electron chi connectivity index (χ2n) is 3.79. The van der Waals surface area contributed by atoms with E-state index in [9.17, 15) is 10.1 Å². The van der Waals surface area contributed by atoms with E-state index in [1.807, 2.05) is 0 Å². The predicted octanol–water partition coefficient (Wildman–Crippen LogP) is 4.23. The largest absolute Gasteiger partial charge is 0.399 e. The molecule has 0 saturated carbocycles. The van der Waals surface area contributed by atoms with Crippen LogP contribution in [0, 0.1) is 10.1 Å². The summed E-state index contributed by atoms with van der Waals surface area (Å²) in [5.41, 5.74) is 7.23. The molecule has 0 fully saturated rings. The van der Waals surface area contributed by atoms with Gasteiger partial charge in [0.2, 0.25) is 0 Å². The highest BCUT2D eigenvalue weighted by Gasteiger charge is 2.10. The number of anilines is 3. The van der Waals surface area contributed by atoms with Crippen LogP contribution in [0.4, 0.5) is 22.7 Å². The fourth-order valence-corrected chi connectivity index (χ4v) is 1.89. The van der Waals surface area contributed by atoms with Crippen LogP contribution in [0.15, 0.2) is 36.4 Å². The number of nitro groups is 1. The number of nitrogens with one attached hydrogen (secondary N) is 1. The van der Waals surface area contributed by atoms with E-state index < -0.39 is 4.92 Å². The number of nitrogens with two attached hydrogens (primary N) is 1. The van der Waals surface area contributed by atoms with Crippen molar-refractivity contribution in [2.75, 3.05) is 11.1 Å². The lowest BCUT2D eigenvalue weighted by molar-refractivity contribution is -0.384. The number of benzene rings is 2. The molecule has 19 heavy (non-hydrogen) atoms. The SMILES string of the molecule is Nc1ccc(Cl)c(Nc2ccc([N+](=O)[O-])cc2Cl)c1. The number of rotatable bonds is 3. The molecule has 0 aliphatic carbocycles. The zero-order chi connectivity index (χ0) is 14.0. The van der Waals surface area contributed by atoms with Crippen molar-refractivity contribution in [2.45, 2.75) is 0 Å². The lowest BCUT2D eigenvalue weighted by Crippen LogP contribution is -1.95. The number of nitrogen functional groups attached to an aromatic ring is 1. The van der Waals surface area contributed by atoms with Crippen molar-refractivity contribution < 1.29 is 4.92 Å². The molecule has 7 heteroatoms. The molecule has 0 spiro atoms. The van der Waals surface area contributed by atoms with Crippen LogP contribution >= 0.6 is 23.2 Å². The Hall–Kier alpha value is -1.98. The number of hydrogen-bond acceptors (Lipinski definition) is 4. The monoisotopic (exact) mass is 297 g/mol. The number of non-ortho nitro benzene ring substituents is 1. The quantitative estimate of drug-likeness (QED) is 0.505. The highest BCUT2D eigenvalue weighted by molar-refractivity contribution is 6.35. The molecule has 0 bridgehead atoms. The van der Waals surface area contributed by atoms with Gasteiger partial charge < -0.3 is 11.1 Å². The van der Waals surface area contributed by atoms with Crippen molar-refractivity contribution in [1.82, 2.24) is 0 Å². The van der Waals surface area contributed by atoms with E-state index in [4.69, 9.17) is 28.9 Å². The van der Waals surface area contributed by atoms with Gasteiger partial charge in [0.15, 0.2) is 0 Å². The number of hydrogen-bond donors (Lipinski definition) is 2. The minimum Gasteiger partial charge on any atom is -0.399 e. The van der Waals surface area contributed by atoms with Gasteiger partial charge in [-0.3, -0.25) is 10.1 Å². The van der Waals surface area contributed by atoms with E-state index in [0.29, 0.717) is 22.1 Å². The molecule has 0 atom stereocenters. The maximum absolute atomic E-state index is 10.6. The molecule has 2 rings (SSSR count). The van der Waals surface area contributed by atoms with Gasteiger partial charge in [-0.25, -0.2) is 0 Å². The number of halogens is 2. The summed E-state index contributed by atoms with van der Waals surface area (Å²) < 4.78 is 0. The summed E-state index contributed by atoms with van der Waals surface area (Å²) in [7, 11) is 0. The van der Waals surface area contributed by atoms with Crippen molar-refractivity contribution in [3.05, 3.63) is 56.6 Å². The third kappa shape index (κ3) is 3.07. The Balaban J connectivity index is 2.33. The van der Waals surface area contributed by atoms with Gasteiger partial charge in [0.25, 0.3) is 5.69 Å². The fourth-order valence-electron chi connectivity index (χ4n) is 1.50. The Morgan fingerprint density at radius 3 is 2.42 bits per heavy atom. The molecule has 3 N–H and O–H groups in total. The summed E-state index contributed by atoms with van der Waals surface area (Å²) >= 11 is 12.0. The van der Waals surface area contributed by atoms with E-state index in [2.05, 4.69) is 5.32 Å². The summed E-state index contributed by atoms with van der Waals surface area (Å²) in [6.07, 6.45) is 0. The lowest BCUT2D eigenvalue weighted by Gasteiger charge is -2.10. The lowest BCUT2D eigenvalue weighted by atomic mass is 10.2. The Morgan fingerprint density at radius 1 is 1.05 bits per heavy atom. The first-order valence-electron chi connectivity index (χ1n) is 5.23. The average Bonchev–Trinajstić information content (AvgIpc) is 2.36. The molecular weight excluding hydrogens is 289 g/mol. The third-order valence-electron chi connectivity index (χ3n) is 2.42. The Morgan fingerprint density at radius 2 is 1.79 bits per heavy atom. The van der Waals surface area contributed by atoms with Crippen LogP contribution in [-0.4, -0.2) is 4.92 Å². The van der Waals surface area contributed by atoms with Crippen molar-refractivity contribution >= 4 is 46.0 Å². The van der Waals surface area contributed by atoms with Crippen LogP contribution in [0.1, 0.15) is 0 Å². The van der Waals surface area contributed by atoms with E-state index in [0.717, 1.165) is 0 Å². The molecule has 0 radical (unpaired) electrons. The molecular formula is C12H9Cl2N3O2. The van der Waals surface area contributed by atoms with Crippen LogP contribution in [0.5, 0.6) is 0 Å². The summed E-state index contributed by atoms with van der Waals surface area (Å²) in [6.45, 7) is 0. The maximum atomic E-state index is 10.6. The van der Waals surface area contributed by atoms with Crippen LogP contribution in [0.3, 0.4) is 0 Å². The maximum Gasteiger partial charge on any atom is 0.271 e. The molecule has 5 nitrogen and oxygen atoms in total. The summed E-state index contributed by atoms with van der Waals surface area (Å²) in [6, 6.07) is 9.11. The third-order valence-corrected chi connectivity index (χ3v) is 3.07. The molecule has 0 aliphatic rings. The zero-order valence-corrected chi connectivity index (χ0v) is 11.1. The first kappa shape index (κ1) is 13.5. The molecule has 0 heterocycles. The number of nitrogens with zero attached hydrogens (tertiary/aromatic N) is 1. The molecule has 98 valence electrons. The van der Waals surface area contributed by atoms with E-state index in [-0.39, 0.29) is 10.7 Å².